The number of halogens is 1. The molecule has 280 valence electrons. The number of fused-ring (bicyclic) bond motifs is 1. The Morgan fingerprint density at radius 3 is 2.54 bits per heavy atom. The van der Waals surface area contributed by atoms with Crippen molar-refractivity contribution in [3.8, 4) is 22.6 Å². The summed E-state index contributed by atoms with van der Waals surface area (Å²) in [6, 6.07) is 13.3. The molecular formula is C40H44FN9O4. The minimum atomic E-state index is -0.469. The Hall–Kier alpha value is -5.92. The van der Waals surface area contributed by atoms with Gasteiger partial charge >= 0.3 is 0 Å². The highest BCUT2D eigenvalue weighted by molar-refractivity contribution is 6.05. The lowest BCUT2D eigenvalue weighted by Crippen LogP contribution is -2.49. The van der Waals surface area contributed by atoms with E-state index >= 15 is 4.39 Å². The van der Waals surface area contributed by atoms with Crippen LogP contribution in [-0.4, -0.2) is 113 Å². The lowest BCUT2D eigenvalue weighted by atomic mass is 9.92. The number of nitrogens with one attached hydrogen (secondary N) is 1. The molecule has 0 unspecified atom stereocenters. The van der Waals surface area contributed by atoms with Crippen LogP contribution in [0.5, 0.6) is 11.5 Å². The number of rotatable bonds is 11. The van der Waals surface area contributed by atoms with E-state index in [0.29, 0.717) is 73.7 Å². The van der Waals surface area contributed by atoms with Gasteiger partial charge in [0.05, 0.1) is 31.5 Å². The summed E-state index contributed by atoms with van der Waals surface area (Å²) < 4.78 is 30.5. The third-order valence-electron chi connectivity index (χ3n) is 10.4. The first-order valence-corrected chi connectivity index (χ1v) is 18.5. The molecule has 3 aliphatic rings. The number of hydrogen-bond acceptors (Lipinski definition) is 9. The average Bonchev–Trinajstić information content (AvgIpc) is 3.64. The number of carbonyl (C=O) groups is 2. The highest BCUT2D eigenvalue weighted by atomic mass is 19.1. The summed E-state index contributed by atoms with van der Waals surface area (Å²) in [6.07, 6.45) is 10.3. The Balaban J connectivity index is 1.10. The summed E-state index contributed by atoms with van der Waals surface area (Å²) in [5.41, 5.74) is 4.05. The fraction of sp³-hybridized carbons (Fsp3) is 0.375. The van der Waals surface area contributed by atoms with Crippen molar-refractivity contribution in [3.63, 3.8) is 0 Å². The van der Waals surface area contributed by atoms with Crippen molar-refractivity contribution in [1.82, 2.24) is 34.8 Å². The Labute approximate surface area is 312 Å². The van der Waals surface area contributed by atoms with Crippen LogP contribution in [0.4, 0.5) is 15.9 Å². The van der Waals surface area contributed by atoms with Crippen molar-refractivity contribution in [1.29, 1.82) is 0 Å². The molecular weight excluding hydrogens is 689 g/mol. The molecule has 2 aromatic carbocycles. The minimum absolute atomic E-state index is 0.0404. The number of amides is 2. The van der Waals surface area contributed by atoms with Crippen LogP contribution >= 0.6 is 0 Å². The van der Waals surface area contributed by atoms with Crippen LogP contribution in [-0.2, 0) is 11.3 Å². The van der Waals surface area contributed by atoms with Gasteiger partial charge in [-0.2, -0.15) is 0 Å². The van der Waals surface area contributed by atoms with Crippen LogP contribution in [0.25, 0.3) is 27.6 Å². The molecule has 2 fully saturated rings. The summed E-state index contributed by atoms with van der Waals surface area (Å²) >= 11 is 0. The molecule has 1 aliphatic carbocycles. The molecule has 0 atom stereocenters. The van der Waals surface area contributed by atoms with E-state index in [9.17, 15) is 9.59 Å². The number of methoxy groups -OCH3 is 1. The molecule has 1 N–H and O–H groups in total. The van der Waals surface area contributed by atoms with Gasteiger partial charge < -0.3 is 34.1 Å². The lowest BCUT2D eigenvalue weighted by Gasteiger charge is -2.35. The van der Waals surface area contributed by atoms with Gasteiger partial charge in [-0.05, 0) is 66.8 Å². The van der Waals surface area contributed by atoms with E-state index < -0.39 is 5.82 Å². The number of nitrogens with zero attached hydrogens (tertiary/aromatic N) is 8. The number of anilines is 2. The Morgan fingerprint density at radius 1 is 0.963 bits per heavy atom. The third-order valence-corrected chi connectivity index (χ3v) is 10.4. The second-order valence-corrected chi connectivity index (χ2v) is 14.2. The van der Waals surface area contributed by atoms with Gasteiger partial charge in [0.15, 0.2) is 17.4 Å². The van der Waals surface area contributed by atoms with E-state index in [-0.39, 0.29) is 36.4 Å². The predicted molar refractivity (Wildman–Crippen MR) is 204 cm³/mol. The van der Waals surface area contributed by atoms with Crippen molar-refractivity contribution in [2.45, 2.75) is 38.3 Å². The van der Waals surface area contributed by atoms with Crippen molar-refractivity contribution in [2.24, 2.45) is 0 Å². The molecule has 2 aliphatic heterocycles. The van der Waals surface area contributed by atoms with Gasteiger partial charge in [0, 0.05) is 100 Å². The standard InChI is InChI=1S/C40H44FN9O4/c1-46(2)27-8-11-29(35(22-27)53-3)31-23-30(26-6-5-15-49(25-26)36(51)12-16-50-17-14-43-45-50)37(41)38-32(31)24-33(44-38)40(52)48-20-18-47(19-21-48)39-34(7-4-13-42-39)54-28-9-10-28/h4,6-8,11,13-14,17,22-24,28,44H,5,9-10,12,15-16,18-21,25H2,1-3H3. The molecule has 14 heteroatoms. The van der Waals surface area contributed by atoms with Crippen molar-refractivity contribution in [2.75, 3.05) is 70.3 Å². The number of H-pyrrole nitrogens is 1. The molecule has 54 heavy (non-hydrogen) atoms. The largest absolute Gasteiger partial charge is 0.496 e. The van der Waals surface area contributed by atoms with E-state index in [4.69, 9.17) is 9.47 Å². The summed E-state index contributed by atoms with van der Waals surface area (Å²) in [4.78, 5) is 42.9. The van der Waals surface area contributed by atoms with E-state index in [0.717, 1.165) is 41.2 Å². The SMILES string of the molecule is COc1cc(N(C)C)ccc1-c1cc(C2=CCCN(C(=O)CCn3ccnn3)C2)c(F)c2[nH]c(C(=O)N3CCN(c4ncccc4OC4CC4)CC3)cc12. The van der Waals surface area contributed by atoms with E-state index in [1.54, 1.807) is 46.2 Å². The molecule has 2 amide bonds. The van der Waals surface area contributed by atoms with Crippen molar-refractivity contribution in [3.05, 3.63) is 84.2 Å². The highest BCUT2D eigenvalue weighted by Gasteiger charge is 2.30. The van der Waals surface area contributed by atoms with Crippen LogP contribution in [0, 0.1) is 5.82 Å². The number of aryl methyl sites for hydroxylation is 1. The predicted octanol–water partition coefficient (Wildman–Crippen LogP) is 5.24. The first kappa shape index (κ1) is 35.1. The summed E-state index contributed by atoms with van der Waals surface area (Å²) in [7, 11) is 5.53. The second-order valence-electron chi connectivity index (χ2n) is 14.2. The fourth-order valence-corrected chi connectivity index (χ4v) is 7.25. The number of benzene rings is 2. The zero-order valence-corrected chi connectivity index (χ0v) is 30.8. The molecule has 1 saturated carbocycles. The van der Waals surface area contributed by atoms with Crippen LogP contribution in [0.3, 0.4) is 0 Å². The van der Waals surface area contributed by atoms with E-state index in [2.05, 4.69) is 25.2 Å². The average molecular weight is 734 g/mol. The normalized spacial score (nSPS) is 16.1. The number of piperazine rings is 1. The van der Waals surface area contributed by atoms with Gasteiger partial charge in [0.1, 0.15) is 11.4 Å². The van der Waals surface area contributed by atoms with Gasteiger partial charge in [-0.3, -0.25) is 14.3 Å². The minimum Gasteiger partial charge on any atom is -0.496 e. The number of carbonyl (C=O) groups excluding carboxylic acids is 2. The zero-order valence-electron chi connectivity index (χ0n) is 30.8. The summed E-state index contributed by atoms with van der Waals surface area (Å²) in [5.74, 6) is 1.47. The number of aromatic amines is 1. The Morgan fingerprint density at radius 2 is 1.80 bits per heavy atom. The summed E-state index contributed by atoms with van der Waals surface area (Å²) in [5, 5.41) is 8.35. The molecule has 5 aromatic rings. The second kappa shape index (κ2) is 14.8. The number of hydrogen-bond donors (Lipinski definition) is 1. The van der Waals surface area contributed by atoms with Gasteiger partial charge in [-0.1, -0.05) is 11.3 Å². The van der Waals surface area contributed by atoms with E-state index in [1.807, 2.05) is 61.5 Å². The maximum absolute atomic E-state index is 16.9. The van der Waals surface area contributed by atoms with Gasteiger partial charge in [-0.15, -0.1) is 5.10 Å². The Bertz CT molecular complexity index is 2200. The first-order chi connectivity index (χ1) is 26.3. The molecule has 0 radical (unpaired) electrons. The number of pyridine rings is 1. The molecule has 0 bridgehead atoms. The third kappa shape index (κ3) is 7.07. The quantitative estimate of drug-likeness (QED) is 0.194. The smallest absolute Gasteiger partial charge is 0.270 e. The monoisotopic (exact) mass is 733 g/mol. The maximum Gasteiger partial charge on any atom is 0.270 e. The number of ether oxygens (including phenoxy) is 2. The molecule has 1 saturated heterocycles. The van der Waals surface area contributed by atoms with Crippen LogP contribution < -0.4 is 19.3 Å². The molecule has 3 aromatic heterocycles. The summed E-state index contributed by atoms with van der Waals surface area (Å²) in [6.45, 7) is 3.34. The Kier molecular flexibility index (Phi) is 9.65. The van der Waals surface area contributed by atoms with Crippen LogP contribution in [0.15, 0.2) is 67.1 Å². The first-order valence-electron chi connectivity index (χ1n) is 18.5. The fourth-order valence-electron chi connectivity index (χ4n) is 7.25. The van der Waals surface area contributed by atoms with Gasteiger partial charge in [-0.25, -0.2) is 9.37 Å². The number of aromatic nitrogens is 5. The van der Waals surface area contributed by atoms with Crippen LogP contribution in [0.2, 0.25) is 0 Å². The maximum atomic E-state index is 16.9. The zero-order chi connectivity index (χ0) is 37.3. The van der Waals surface area contributed by atoms with Crippen LogP contribution in [0.1, 0.15) is 41.7 Å². The highest BCUT2D eigenvalue weighted by Crippen LogP contribution is 2.41. The molecule has 13 nitrogen and oxygen atoms in total. The molecule has 8 rings (SSSR count). The van der Waals surface area contributed by atoms with Gasteiger partial charge in [0.2, 0.25) is 5.91 Å². The van der Waals surface area contributed by atoms with Crippen molar-refractivity contribution < 1.29 is 23.5 Å². The molecule has 5 heterocycles. The lowest BCUT2D eigenvalue weighted by molar-refractivity contribution is -0.131. The topological polar surface area (TPSA) is 125 Å². The molecule has 0 spiro atoms. The van der Waals surface area contributed by atoms with Crippen molar-refractivity contribution >= 4 is 39.8 Å². The van der Waals surface area contributed by atoms with E-state index in [1.165, 1.54) is 0 Å². The van der Waals surface area contributed by atoms with Gasteiger partial charge in [0.25, 0.3) is 5.91 Å².